The summed E-state index contributed by atoms with van der Waals surface area (Å²) in [5.41, 5.74) is 0.967. The van der Waals surface area contributed by atoms with Crippen LogP contribution in [0.4, 0.5) is 13.2 Å². The van der Waals surface area contributed by atoms with Crippen LogP contribution in [0.25, 0.3) is 0 Å². The van der Waals surface area contributed by atoms with E-state index in [4.69, 9.17) is 4.74 Å². The normalized spacial score (nSPS) is 23.8. The van der Waals surface area contributed by atoms with Gasteiger partial charge in [0.1, 0.15) is 5.82 Å². The topological polar surface area (TPSA) is 26.3 Å². The van der Waals surface area contributed by atoms with Gasteiger partial charge in [-0.2, -0.15) is 4.39 Å². The van der Waals surface area contributed by atoms with Crippen molar-refractivity contribution in [1.82, 2.24) is 0 Å². The van der Waals surface area contributed by atoms with Gasteiger partial charge in [0.05, 0.1) is 5.56 Å². The van der Waals surface area contributed by atoms with Gasteiger partial charge in [-0.15, -0.1) is 0 Å². The third-order valence-corrected chi connectivity index (χ3v) is 9.01. The maximum absolute atomic E-state index is 15.0. The van der Waals surface area contributed by atoms with Gasteiger partial charge in [0.25, 0.3) is 0 Å². The summed E-state index contributed by atoms with van der Waals surface area (Å²) >= 11 is 0. The molecule has 2 aromatic rings. The van der Waals surface area contributed by atoms with E-state index in [2.05, 4.69) is 13.8 Å². The van der Waals surface area contributed by atoms with Gasteiger partial charge in [0.15, 0.2) is 11.6 Å². The van der Waals surface area contributed by atoms with Crippen LogP contribution in [0, 0.1) is 29.3 Å². The third-order valence-electron chi connectivity index (χ3n) is 9.01. The number of rotatable bonds is 10. The van der Waals surface area contributed by atoms with E-state index >= 15 is 0 Å². The van der Waals surface area contributed by atoms with Gasteiger partial charge in [-0.3, -0.25) is 0 Å². The van der Waals surface area contributed by atoms with Crippen molar-refractivity contribution in [3.63, 3.8) is 0 Å². The summed E-state index contributed by atoms with van der Waals surface area (Å²) in [5, 5.41) is 0. The van der Waals surface area contributed by atoms with Crippen molar-refractivity contribution >= 4 is 5.97 Å². The maximum Gasteiger partial charge on any atom is 0.346 e. The molecule has 0 saturated heterocycles. The van der Waals surface area contributed by atoms with E-state index in [0.29, 0.717) is 11.5 Å². The first kappa shape index (κ1) is 28.7. The molecule has 2 saturated carbocycles. The van der Waals surface area contributed by atoms with E-state index < -0.39 is 29.2 Å². The van der Waals surface area contributed by atoms with Crippen molar-refractivity contribution in [2.24, 2.45) is 11.8 Å². The second kappa shape index (κ2) is 13.7. The van der Waals surface area contributed by atoms with E-state index in [-0.39, 0.29) is 17.4 Å². The molecule has 0 N–H and O–H groups in total. The molecule has 2 nitrogen and oxygen atoms in total. The summed E-state index contributed by atoms with van der Waals surface area (Å²) in [6.07, 6.45) is 15.4. The van der Waals surface area contributed by atoms with Crippen LogP contribution in [0.5, 0.6) is 5.75 Å². The Labute approximate surface area is 226 Å². The molecule has 0 radical (unpaired) electrons. The van der Waals surface area contributed by atoms with Gasteiger partial charge in [-0.05, 0) is 104 Å². The first-order chi connectivity index (χ1) is 18.4. The number of carbonyl (C=O) groups excluding carboxylic acids is 1. The Morgan fingerprint density at radius 2 is 1.42 bits per heavy atom. The minimum absolute atomic E-state index is 0.0289. The van der Waals surface area contributed by atoms with E-state index in [9.17, 15) is 18.0 Å². The van der Waals surface area contributed by atoms with Crippen LogP contribution in [0.2, 0.25) is 0 Å². The lowest BCUT2D eigenvalue weighted by Gasteiger charge is -2.29. The number of hydrogen-bond donors (Lipinski definition) is 0. The fourth-order valence-corrected chi connectivity index (χ4v) is 6.68. The van der Waals surface area contributed by atoms with Crippen molar-refractivity contribution in [2.75, 3.05) is 0 Å². The summed E-state index contributed by atoms with van der Waals surface area (Å²) in [5.74, 6) is -2.66. The highest BCUT2D eigenvalue weighted by molar-refractivity contribution is 5.91. The third kappa shape index (κ3) is 7.01. The Morgan fingerprint density at radius 3 is 2.05 bits per heavy atom. The largest absolute Gasteiger partial charge is 0.420 e. The van der Waals surface area contributed by atoms with Crippen LogP contribution >= 0.6 is 0 Å². The maximum atomic E-state index is 15.0. The fourth-order valence-electron chi connectivity index (χ4n) is 6.68. The minimum atomic E-state index is -1.18. The number of unbranched alkanes of at least 4 members (excludes halogenated alkanes) is 2. The van der Waals surface area contributed by atoms with Crippen LogP contribution in [-0.4, -0.2) is 5.97 Å². The first-order valence-electron chi connectivity index (χ1n) is 14.9. The second-order valence-corrected chi connectivity index (χ2v) is 11.6. The predicted octanol–water partition coefficient (Wildman–Crippen LogP) is 10.3. The van der Waals surface area contributed by atoms with Gasteiger partial charge in [-0.25, -0.2) is 13.6 Å². The molecule has 0 aliphatic heterocycles. The molecule has 0 amide bonds. The molecule has 2 aliphatic carbocycles. The molecule has 208 valence electrons. The molecule has 38 heavy (non-hydrogen) atoms. The Balaban J connectivity index is 1.36. The highest BCUT2D eigenvalue weighted by Gasteiger charge is 2.28. The molecule has 0 aromatic heterocycles. The van der Waals surface area contributed by atoms with Crippen molar-refractivity contribution in [1.29, 1.82) is 0 Å². The van der Waals surface area contributed by atoms with Crippen molar-refractivity contribution < 1.29 is 22.7 Å². The van der Waals surface area contributed by atoms with Crippen LogP contribution in [0.3, 0.4) is 0 Å². The molecule has 0 atom stereocenters. The van der Waals surface area contributed by atoms with Crippen LogP contribution < -0.4 is 4.74 Å². The van der Waals surface area contributed by atoms with Crippen molar-refractivity contribution in [2.45, 2.75) is 116 Å². The molecule has 4 rings (SSSR count). The van der Waals surface area contributed by atoms with Crippen LogP contribution in [-0.2, 0) is 0 Å². The van der Waals surface area contributed by atoms with E-state index in [1.807, 2.05) is 0 Å². The molecule has 0 bridgehead atoms. The molecule has 0 unspecified atom stereocenters. The number of halogens is 3. The van der Waals surface area contributed by atoms with E-state index in [0.717, 1.165) is 69.3 Å². The number of esters is 1. The number of hydrogen-bond acceptors (Lipinski definition) is 2. The highest BCUT2D eigenvalue weighted by Crippen LogP contribution is 2.40. The Hall–Kier alpha value is -2.30. The monoisotopic (exact) mass is 528 g/mol. The highest BCUT2D eigenvalue weighted by atomic mass is 19.2. The van der Waals surface area contributed by atoms with Crippen molar-refractivity contribution in [3.8, 4) is 5.75 Å². The predicted molar refractivity (Wildman–Crippen MR) is 146 cm³/mol. The molecule has 0 spiro atoms. The molecule has 5 heteroatoms. The fraction of sp³-hybridized carbons (Fsp3) is 0.606. The SMILES string of the molecule is CCCCCC1CCC(c2ccc(C(=O)Oc3ccc(C4CCC(CCC)CC4)c(F)c3F)c(F)c2)CC1. The van der Waals surface area contributed by atoms with E-state index in [1.54, 1.807) is 6.07 Å². The molecular weight excluding hydrogens is 485 g/mol. The summed E-state index contributed by atoms with van der Waals surface area (Å²) in [4.78, 5) is 12.7. The second-order valence-electron chi connectivity index (χ2n) is 11.6. The summed E-state index contributed by atoms with van der Waals surface area (Å²) in [7, 11) is 0. The zero-order valence-electron chi connectivity index (χ0n) is 23.0. The summed E-state index contributed by atoms with van der Waals surface area (Å²) in [6.45, 7) is 4.39. The zero-order valence-corrected chi connectivity index (χ0v) is 23.0. The lowest BCUT2D eigenvalue weighted by molar-refractivity contribution is 0.0721. The van der Waals surface area contributed by atoms with Crippen LogP contribution in [0.15, 0.2) is 30.3 Å². The Kier molecular flexibility index (Phi) is 10.3. The summed E-state index contributed by atoms with van der Waals surface area (Å²) < 4.78 is 49.9. The van der Waals surface area contributed by atoms with Gasteiger partial charge in [0.2, 0.25) is 5.82 Å². The molecule has 2 aliphatic rings. The molecule has 0 heterocycles. The van der Waals surface area contributed by atoms with Crippen LogP contribution in [0.1, 0.15) is 137 Å². The van der Waals surface area contributed by atoms with Gasteiger partial charge in [0, 0.05) is 0 Å². The number of benzene rings is 2. The average molecular weight is 529 g/mol. The smallest absolute Gasteiger partial charge is 0.346 e. The number of ether oxygens (including phenoxy) is 1. The standard InChI is InChI=1S/C33H43F3O2/c1-3-5-6-8-23-9-13-24(14-10-23)26-17-18-28(29(34)21-26)33(37)38-30-20-19-27(31(35)32(30)36)25-15-11-22(7-4-2)12-16-25/h17-25H,3-16H2,1-2H3. The van der Waals surface area contributed by atoms with Gasteiger partial charge < -0.3 is 4.74 Å². The minimum Gasteiger partial charge on any atom is -0.420 e. The molecule has 2 aromatic carbocycles. The van der Waals surface area contributed by atoms with Gasteiger partial charge in [-0.1, -0.05) is 64.5 Å². The quantitative estimate of drug-likeness (QED) is 0.174. The lowest BCUT2D eigenvalue weighted by Crippen LogP contribution is -2.16. The van der Waals surface area contributed by atoms with E-state index in [1.165, 1.54) is 56.4 Å². The first-order valence-corrected chi connectivity index (χ1v) is 14.9. The summed E-state index contributed by atoms with van der Waals surface area (Å²) in [6, 6.07) is 7.42. The van der Waals surface area contributed by atoms with Gasteiger partial charge >= 0.3 is 5.97 Å². The Bertz CT molecular complexity index is 1070. The zero-order chi connectivity index (χ0) is 27.1. The average Bonchev–Trinajstić information content (AvgIpc) is 2.92. The lowest BCUT2D eigenvalue weighted by atomic mass is 9.77. The molecule has 2 fully saturated rings. The molecular formula is C33H43F3O2. The Morgan fingerprint density at radius 1 is 0.763 bits per heavy atom. The number of carbonyl (C=O) groups is 1. The van der Waals surface area contributed by atoms with Crippen molar-refractivity contribution in [3.05, 3.63) is 64.5 Å².